The average Bonchev–Trinajstić information content (AvgIpc) is 3.25. The molecule has 1 aliphatic heterocycles. The Morgan fingerprint density at radius 1 is 1.03 bits per heavy atom. The van der Waals surface area contributed by atoms with Crippen LogP contribution in [-0.4, -0.2) is 46.9 Å². The molecule has 9 heteroatoms. The van der Waals surface area contributed by atoms with E-state index in [4.69, 9.17) is 24.3 Å². The van der Waals surface area contributed by atoms with Gasteiger partial charge in [-0.3, -0.25) is 9.78 Å². The highest BCUT2D eigenvalue weighted by molar-refractivity contribution is 6.00. The molecule has 0 amide bonds. The van der Waals surface area contributed by atoms with Crippen molar-refractivity contribution in [3.8, 4) is 28.6 Å². The van der Waals surface area contributed by atoms with Gasteiger partial charge in [0.05, 0.1) is 21.3 Å². The van der Waals surface area contributed by atoms with Gasteiger partial charge in [-0.15, -0.1) is 5.10 Å². The van der Waals surface area contributed by atoms with Crippen LogP contribution in [-0.2, 0) is 4.79 Å². The molecule has 0 radical (unpaired) electrons. The maximum absolute atomic E-state index is 13.5. The van der Waals surface area contributed by atoms with Crippen molar-refractivity contribution in [3.05, 3.63) is 53.5 Å². The Bertz CT molecular complexity index is 1270. The molecular formula is C25H27N5O4. The van der Waals surface area contributed by atoms with E-state index in [0.717, 1.165) is 23.2 Å². The summed E-state index contributed by atoms with van der Waals surface area (Å²) in [6.45, 7) is 4.21. The lowest BCUT2D eigenvalue weighted by Gasteiger charge is -2.38. The van der Waals surface area contributed by atoms with Gasteiger partial charge in [0, 0.05) is 35.6 Å². The van der Waals surface area contributed by atoms with Crippen molar-refractivity contribution in [3.63, 3.8) is 0 Å². The number of carbonyl (C=O) groups is 1. The average molecular weight is 462 g/mol. The lowest BCUT2D eigenvalue weighted by atomic mass is 9.73. The molecule has 34 heavy (non-hydrogen) atoms. The van der Waals surface area contributed by atoms with Gasteiger partial charge >= 0.3 is 0 Å². The van der Waals surface area contributed by atoms with Crippen LogP contribution in [0.3, 0.4) is 0 Å². The summed E-state index contributed by atoms with van der Waals surface area (Å²) in [5.74, 6) is 2.73. The molecule has 0 saturated carbocycles. The van der Waals surface area contributed by atoms with Gasteiger partial charge < -0.3 is 19.5 Å². The predicted octanol–water partition coefficient (Wildman–Crippen LogP) is 4.02. The number of Topliss-reactive ketones (excluding diaryl/α,β-unsaturated/α-hetero) is 1. The third-order valence-corrected chi connectivity index (χ3v) is 6.27. The normalized spacial score (nSPS) is 18.6. The summed E-state index contributed by atoms with van der Waals surface area (Å²) in [4.78, 5) is 22.3. The molecule has 9 nitrogen and oxygen atoms in total. The first kappa shape index (κ1) is 21.9. The fourth-order valence-electron chi connectivity index (χ4n) is 4.80. The molecule has 176 valence electrons. The quantitative estimate of drug-likeness (QED) is 0.608. The molecule has 0 bridgehead atoms. The zero-order chi connectivity index (χ0) is 24.0. The monoisotopic (exact) mass is 461 g/mol. The van der Waals surface area contributed by atoms with Crippen LogP contribution < -0.4 is 19.5 Å². The van der Waals surface area contributed by atoms with Crippen molar-refractivity contribution in [2.45, 2.75) is 32.7 Å². The Morgan fingerprint density at radius 3 is 2.32 bits per heavy atom. The van der Waals surface area contributed by atoms with Gasteiger partial charge in [0.1, 0.15) is 6.04 Å². The van der Waals surface area contributed by atoms with E-state index in [1.165, 1.54) is 0 Å². The fraction of sp³-hybridized carbons (Fsp3) is 0.360. The number of benzene rings is 1. The molecule has 1 aromatic carbocycles. The number of hydrogen-bond donors (Lipinski definition) is 1. The van der Waals surface area contributed by atoms with E-state index in [2.05, 4.69) is 24.1 Å². The highest BCUT2D eigenvalue weighted by Gasteiger charge is 2.42. The summed E-state index contributed by atoms with van der Waals surface area (Å²) >= 11 is 0. The number of hydrogen-bond acceptors (Lipinski definition) is 8. The minimum absolute atomic E-state index is 0.0871. The van der Waals surface area contributed by atoms with Crippen LogP contribution in [0, 0.1) is 5.41 Å². The molecular weight excluding hydrogens is 434 g/mol. The Hall–Kier alpha value is -3.88. The number of rotatable bonds is 5. The lowest BCUT2D eigenvalue weighted by Crippen LogP contribution is -2.36. The number of pyridine rings is 1. The third kappa shape index (κ3) is 3.57. The second-order valence-corrected chi connectivity index (χ2v) is 9.26. The Morgan fingerprint density at radius 2 is 1.71 bits per heavy atom. The van der Waals surface area contributed by atoms with Gasteiger partial charge in [-0.25, -0.2) is 4.68 Å². The maximum atomic E-state index is 13.5. The molecule has 2 aromatic heterocycles. The molecule has 1 aliphatic carbocycles. The van der Waals surface area contributed by atoms with Crippen molar-refractivity contribution in [2.75, 3.05) is 26.6 Å². The first-order valence-corrected chi connectivity index (χ1v) is 11.1. The number of nitrogens with one attached hydrogen (secondary N) is 1. The van der Waals surface area contributed by atoms with Crippen LogP contribution in [0.15, 0.2) is 47.9 Å². The summed E-state index contributed by atoms with van der Waals surface area (Å²) in [7, 11) is 4.71. The number of allylic oxidation sites excluding steroid dienone is 2. The Labute approximate surface area is 197 Å². The summed E-state index contributed by atoms with van der Waals surface area (Å²) in [5.41, 5.74) is 3.04. The topological polar surface area (TPSA) is 100 Å². The molecule has 5 rings (SSSR count). The van der Waals surface area contributed by atoms with E-state index in [1.54, 1.807) is 38.4 Å². The minimum Gasteiger partial charge on any atom is -0.493 e. The van der Waals surface area contributed by atoms with Crippen molar-refractivity contribution in [1.29, 1.82) is 0 Å². The van der Waals surface area contributed by atoms with Crippen molar-refractivity contribution in [1.82, 2.24) is 19.7 Å². The number of fused-ring (bicyclic) bond motifs is 1. The summed E-state index contributed by atoms with van der Waals surface area (Å²) in [6, 6.07) is 6.96. The van der Waals surface area contributed by atoms with E-state index in [9.17, 15) is 4.79 Å². The smallest absolute Gasteiger partial charge is 0.226 e. The van der Waals surface area contributed by atoms with Gasteiger partial charge in [-0.05, 0) is 41.7 Å². The summed E-state index contributed by atoms with van der Waals surface area (Å²) in [6.07, 6.45) is 4.59. The van der Waals surface area contributed by atoms with Crippen molar-refractivity contribution in [2.24, 2.45) is 5.41 Å². The number of carbonyl (C=O) groups excluding carboxylic acids is 1. The molecule has 1 atom stereocenters. The first-order chi connectivity index (χ1) is 16.3. The number of aromatic nitrogens is 4. The van der Waals surface area contributed by atoms with Crippen LogP contribution in [0.4, 0.5) is 5.95 Å². The van der Waals surface area contributed by atoms with Gasteiger partial charge in [0.15, 0.2) is 23.1 Å². The summed E-state index contributed by atoms with van der Waals surface area (Å²) < 4.78 is 18.5. The lowest BCUT2D eigenvalue weighted by molar-refractivity contribution is -0.118. The van der Waals surface area contributed by atoms with Crippen LogP contribution in [0.25, 0.3) is 11.4 Å². The molecule has 2 aliphatic rings. The number of methoxy groups -OCH3 is 3. The molecule has 1 N–H and O–H groups in total. The van der Waals surface area contributed by atoms with Crippen LogP contribution >= 0.6 is 0 Å². The SMILES string of the molecule is COc1cc(C2C3=C(CC(C)(C)CC3=O)Nc3nc(-c4ccncc4)nn32)cc(OC)c1OC. The first-order valence-electron chi connectivity index (χ1n) is 11.1. The van der Waals surface area contributed by atoms with Gasteiger partial charge in [-0.1, -0.05) is 13.8 Å². The highest BCUT2D eigenvalue weighted by Crippen LogP contribution is 2.48. The van der Waals surface area contributed by atoms with E-state index in [1.807, 2.05) is 24.3 Å². The van der Waals surface area contributed by atoms with E-state index in [0.29, 0.717) is 41.0 Å². The van der Waals surface area contributed by atoms with Gasteiger partial charge in [-0.2, -0.15) is 4.98 Å². The van der Waals surface area contributed by atoms with Crippen LogP contribution in [0.5, 0.6) is 17.2 Å². The molecule has 3 aromatic rings. The van der Waals surface area contributed by atoms with E-state index < -0.39 is 6.04 Å². The number of anilines is 1. The molecule has 0 spiro atoms. The van der Waals surface area contributed by atoms with E-state index in [-0.39, 0.29) is 11.2 Å². The van der Waals surface area contributed by atoms with Crippen LogP contribution in [0.1, 0.15) is 38.3 Å². The zero-order valence-corrected chi connectivity index (χ0v) is 19.9. The van der Waals surface area contributed by atoms with Crippen LogP contribution in [0.2, 0.25) is 0 Å². The maximum Gasteiger partial charge on any atom is 0.226 e. The predicted molar refractivity (Wildman–Crippen MR) is 126 cm³/mol. The summed E-state index contributed by atoms with van der Waals surface area (Å²) in [5, 5.41) is 8.21. The third-order valence-electron chi connectivity index (χ3n) is 6.27. The Kier molecular flexibility index (Phi) is 5.27. The fourth-order valence-corrected chi connectivity index (χ4v) is 4.80. The van der Waals surface area contributed by atoms with Crippen molar-refractivity contribution >= 4 is 11.7 Å². The number of ketones is 1. The van der Waals surface area contributed by atoms with Crippen molar-refractivity contribution < 1.29 is 19.0 Å². The molecule has 0 saturated heterocycles. The molecule has 1 unspecified atom stereocenters. The standard InChI is InChI=1S/C25H27N5O4/c1-25(2)12-16-20(17(31)13-25)21(15-10-18(32-3)22(34-5)19(11-15)33-4)30-24(27-16)28-23(29-30)14-6-8-26-9-7-14/h6-11,21H,12-13H2,1-5H3,(H,27,28,29). The largest absolute Gasteiger partial charge is 0.493 e. The molecule has 3 heterocycles. The Balaban J connectivity index is 1.73. The van der Waals surface area contributed by atoms with Gasteiger partial charge in [0.25, 0.3) is 0 Å². The number of ether oxygens (including phenoxy) is 3. The van der Waals surface area contributed by atoms with E-state index >= 15 is 0 Å². The van der Waals surface area contributed by atoms with Gasteiger partial charge in [0.2, 0.25) is 11.7 Å². The highest BCUT2D eigenvalue weighted by atomic mass is 16.5. The minimum atomic E-state index is -0.494. The zero-order valence-electron chi connectivity index (χ0n) is 19.9. The second kappa shape index (κ2) is 8.16. The second-order valence-electron chi connectivity index (χ2n) is 9.26. The number of nitrogens with zero attached hydrogens (tertiary/aromatic N) is 4. The molecule has 0 fully saturated rings.